The maximum absolute atomic E-state index is 15.2. The molecule has 1 atom stereocenters. The third kappa shape index (κ3) is 10.0. The van der Waals surface area contributed by atoms with E-state index in [9.17, 15) is 49.1 Å². The van der Waals surface area contributed by atoms with Gasteiger partial charge in [0, 0.05) is 29.9 Å². The highest BCUT2D eigenvalue weighted by molar-refractivity contribution is 5.97. The van der Waals surface area contributed by atoms with E-state index in [4.69, 9.17) is 4.74 Å². The summed E-state index contributed by atoms with van der Waals surface area (Å²) < 4.78 is 153. The minimum atomic E-state index is -5.19. The van der Waals surface area contributed by atoms with E-state index in [1.165, 1.54) is 43.5 Å². The number of carbonyl (C=O) groups is 2. The maximum atomic E-state index is 15.2. The van der Waals surface area contributed by atoms with Gasteiger partial charge in [0.05, 0.1) is 19.3 Å². The second-order valence-electron chi connectivity index (χ2n) is 11.7. The fraction of sp³-hybridized carbons (Fsp3) is 0.297. The predicted octanol–water partition coefficient (Wildman–Crippen LogP) is 9.88. The Labute approximate surface area is 291 Å². The fourth-order valence-corrected chi connectivity index (χ4v) is 5.51. The minimum absolute atomic E-state index is 0.0449. The monoisotopic (exact) mass is 744 g/mol. The van der Waals surface area contributed by atoms with Crippen LogP contribution in [0, 0.1) is 17.5 Å². The van der Waals surface area contributed by atoms with Gasteiger partial charge < -0.3 is 14.2 Å². The van der Waals surface area contributed by atoms with Crippen molar-refractivity contribution in [3.8, 4) is 11.5 Å². The predicted molar refractivity (Wildman–Crippen MR) is 167 cm³/mol. The Kier molecular flexibility index (Phi) is 12.6. The lowest BCUT2D eigenvalue weighted by atomic mass is 9.67. The molecule has 0 unspecified atom stereocenters. The first-order valence-electron chi connectivity index (χ1n) is 15.5. The lowest BCUT2D eigenvalue weighted by Gasteiger charge is -2.36. The molecule has 0 radical (unpaired) electrons. The molecule has 0 spiro atoms. The molecular weight excluding hydrogens is 714 g/mol. The van der Waals surface area contributed by atoms with Gasteiger partial charge in [-0.25, -0.2) is 13.2 Å². The molecule has 0 aromatic heterocycles. The Morgan fingerprint density at radius 3 is 2.02 bits per heavy atom. The van der Waals surface area contributed by atoms with Crippen molar-refractivity contribution >= 4 is 11.8 Å². The average Bonchev–Trinajstić information content (AvgIpc) is 3.07. The Bertz CT molecular complexity index is 1840. The molecule has 0 saturated heterocycles. The molecule has 0 bridgehead atoms. The smallest absolute Gasteiger partial charge is 0.461 e. The van der Waals surface area contributed by atoms with Crippen molar-refractivity contribution in [2.45, 2.75) is 56.2 Å². The second kappa shape index (κ2) is 16.5. The van der Waals surface area contributed by atoms with Crippen molar-refractivity contribution in [1.82, 2.24) is 0 Å². The summed E-state index contributed by atoms with van der Waals surface area (Å²) in [4.78, 5) is 25.2. The second-order valence-corrected chi connectivity index (χ2v) is 11.7. The van der Waals surface area contributed by atoms with Gasteiger partial charge in [-0.1, -0.05) is 24.3 Å². The van der Waals surface area contributed by atoms with Crippen LogP contribution in [-0.2, 0) is 27.5 Å². The minimum Gasteiger partial charge on any atom is -0.494 e. The van der Waals surface area contributed by atoms with Crippen LogP contribution < -0.4 is 9.47 Å². The van der Waals surface area contributed by atoms with Crippen molar-refractivity contribution in [1.29, 1.82) is 0 Å². The third-order valence-electron chi connectivity index (χ3n) is 8.09. The summed E-state index contributed by atoms with van der Waals surface area (Å²) in [6.45, 7) is 0.220. The highest BCUT2D eigenvalue weighted by Crippen LogP contribution is 2.43. The quantitative estimate of drug-likeness (QED) is 0.0495. The molecule has 52 heavy (non-hydrogen) atoms. The Morgan fingerprint density at radius 2 is 1.40 bits per heavy atom. The average molecular weight is 745 g/mol. The van der Waals surface area contributed by atoms with E-state index in [0.717, 1.165) is 30.3 Å². The van der Waals surface area contributed by atoms with Gasteiger partial charge in [-0.15, -0.1) is 0 Å². The van der Waals surface area contributed by atoms with E-state index in [2.05, 4.69) is 9.47 Å². The zero-order chi connectivity index (χ0) is 38.3. The van der Waals surface area contributed by atoms with E-state index in [1.54, 1.807) is 0 Å². The van der Waals surface area contributed by atoms with Crippen molar-refractivity contribution in [2.75, 3.05) is 13.7 Å². The number of unbranched alkanes of at least 4 members (excludes halogenated alkanes) is 1. The summed E-state index contributed by atoms with van der Waals surface area (Å²) in [6, 6.07) is 13.8. The molecule has 4 rings (SSSR count). The first kappa shape index (κ1) is 39.7. The molecule has 0 saturated carbocycles. The normalized spacial score (nSPS) is 13.1. The lowest BCUT2D eigenvalue weighted by Crippen LogP contribution is -2.35. The highest BCUT2D eigenvalue weighted by atomic mass is 19.4. The van der Waals surface area contributed by atoms with Gasteiger partial charge in [0.2, 0.25) is 0 Å². The molecule has 0 aliphatic rings. The number of rotatable bonds is 16. The summed E-state index contributed by atoms with van der Waals surface area (Å²) >= 11 is 0. The molecule has 4 aromatic carbocycles. The molecule has 278 valence electrons. The number of halogens is 10. The standard InChI is InChI=1S/C37H30F10O5/c1-50-33(49)4-2-3-15-51-28-12-5-22(6-13-28)20-35(24-8-10-26(38)11-9-24,21-32(48)23-7-14-31(40)30(16-23)36(43,44)45)25-17-27(39)19-29(18-25)52-37(46,47)34(41)42/h5-14,16-19,34H,2-4,15,20-21H2,1H3/t35-/m1/s1. The summed E-state index contributed by atoms with van der Waals surface area (Å²) in [7, 11) is 1.26. The van der Waals surface area contributed by atoms with Gasteiger partial charge in [-0.2, -0.15) is 30.7 Å². The van der Waals surface area contributed by atoms with Crippen LogP contribution in [0.3, 0.4) is 0 Å². The molecule has 5 nitrogen and oxygen atoms in total. The maximum Gasteiger partial charge on any atom is 0.461 e. The van der Waals surface area contributed by atoms with Crippen molar-refractivity contribution < 1.29 is 67.7 Å². The summed E-state index contributed by atoms with van der Waals surface area (Å²) in [6.07, 6.45) is -14.6. The summed E-state index contributed by atoms with van der Waals surface area (Å²) in [5, 5.41) is 0. The molecule has 0 heterocycles. The van der Waals surface area contributed by atoms with Crippen LogP contribution in [0.15, 0.2) is 84.9 Å². The van der Waals surface area contributed by atoms with Crippen LogP contribution in [-0.4, -0.2) is 38.0 Å². The number of carbonyl (C=O) groups excluding carboxylic acids is 2. The molecule has 0 fully saturated rings. The van der Waals surface area contributed by atoms with Crippen LogP contribution in [0.2, 0.25) is 0 Å². The fourth-order valence-electron chi connectivity index (χ4n) is 5.51. The van der Waals surface area contributed by atoms with Gasteiger partial charge in [-0.05, 0) is 90.6 Å². The number of esters is 1. The first-order valence-corrected chi connectivity index (χ1v) is 15.5. The molecule has 4 aromatic rings. The number of hydrogen-bond acceptors (Lipinski definition) is 5. The summed E-state index contributed by atoms with van der Waals surface area (Å²) in [5.74, 6) is -5.83. The van der Waals surface area contributed by atoms with E-state index in [-0.39, 0.29) is 42.6 Å². The topological polar surface area (TPSA) is 61.8 Å². The first-order chi connectivity index (χ1) is 24.4. The molecule has 0 aliphatic heterocycles. The highest BCUT2D eigenvalue weighted by Gasteiger charge is 2.45. The van der Waals surface area contributed by atoms with Gasteiger partial charge in [0.15, 0.2) is 5.78 Å². The van der Waals surface area contributed by atoms with Crippen molar-refractivity contribution in [3.05, 3.63) is 130 Å². The number of Topliss-reactive ketones (excluding diaryl/α,β-unsaturated/α-hetero) is 1. The largest absolute Gasteiger partial charge is 0.494 e. The van der Waals surface area contributed by atoms with Gasteiger partial charge in [-0.3, -0.25) is 9.59 Å². The van der Waals surface area contributed by atoms with Gasteiger partial charge >= 0.3 is 24.7 Å². The van der Waals surface area contributed by atoms with E-state index in [1.807, 2.05) is 0 Å². The van der Waals surface area contributed by atoms with E-state index >= 15 is 4.39 Å². The van der Waals surface area contributed by atoms with Gasteiger partial charge in [0.1, 0.15) is 29.0 Å². The SMILES string of the molecule is COC(=O)CCCCOc1ccc(C[C@@](CC(=O)c2ccc(F)c(C(F)(F)F)c2)(c2ccc(F)cc2)c2cc(F)cc(OC(F)(F)C(F)F)c2)cc1. The number of ether oxygens (including phenoxy) is 3. The number of alkyl halides is 7. The lowest BCUT2D eigenvalue weighted by molar-refractivity contribution is -0.253. The molecule has 0 aliphatic carbocycles. The van der Waals surface area contributed by atoms with Crippen molar-refractivity contribution in [2.24, 2.45) is 0 Å². The number of methoxy groups -OCH3 is 1. The zero-order valence-electron chi connectivity index (χ0n) is 27.2. The van der Waals surface area contributed by atoms with Crippen LogP contribution in [0.1, 0.15) is 58.3 Å². The van der Waals surface area contributed by atoms with Crippen molar-refractivity contribution in [3.63, 3.8) is 0 Å². The number of ketones is 1. The molecule has 15 heteroatoms. The number of benzene rings is 4. The Morgan fingerprint density at radius 1 is 0.731 bits per heavy atom. The van der Waals surface area contributed by atoms with Crippen LogP contribution >= 0.6 is 0 Å². The third-order valence-corrected chi connectivity index (χ3v) is 8.09. The van der Waals surface area contributed by atoms with E-state index in [0.29, 0.717) is 36.3 Å². The summed E-state index contributed by atoms with van der Waals surface area (Å²) in [5.41, 5.74) is -4.20. The Balaban J connectivity index is 1.83. The van der Waals surface area contributed by atoms with Gasteiger partial charge in [0.25, 0.3) is 0 Å². The molecular formula is C37H30F10O5. The van der Waals surface area contributed by atoms with Crippen LogP contribution in [0.4, 0.5) is 43.9 Å². The zero-order valence-corrected chi connectivity index (χ0v) is 27.2. The molecule has 0 amide bonds. The number of hydrogen-bond donors (Lipinski definition) is 0. The van der Waals surface area contributed by atoms with Crippen LogP contribution in [0.5, 0.6) is 11.5 Å². The molecule has 0 N–H and O–H groups in total. The van der Waals surface area contributed by atoms with E-state index < -0.39 is 70.7 Å². The Hall–Kier alpha value is -5.08. The van der Waals surface area contributed by atoms with Crippen LogP contribution in [0.25, 0.3) is 0 Å².